The highest BCUT2D eigenvalue weighted by molar-refractivity contribution is 5.61. The van der Waals surface area contributed by atoms with E-state index in [1.165, 1.54) is 39.0 Å². The predicted octanol–water partition coefficient (Wildman–Crippen LogP) is 7.30. The SMILES string of the molecule is CC1=CC=C(C(c2ccccc2)(c2ccc(C)cc2)c2ccccc2C)CC1. The Kier molecular flexibility index (Phi) is 5.05. The molecule has 1 unspecified atom stereocenters. The fraction of sp³-hybridized carbons (Fsp3) is 0.214. The van der Waals surface area contributed by atoms with Crippen LogP contribution < -0.4 is 0 Å². The van der Waals surface area contributed by atoms with Gasteiger partial charge in [0, 0.05) is 0 Å². The second kappa shape index (κ2) is 7.64. The number of aryl methyl sites for hydroxylation is 2. The number of benzene rings is 3. The normalized spacial score (nSPS) is 16.1. The molecule has 3 aromatic rings. The van der Waals surface area contributed by atoms with E-state index < -0.39 is 0 Å². The standard InChI is InChI=1S/C28H28/c1-21-13-17-25(18-14-21)28(24-10-5-4-6-11-24,26-19-15-22(2)16-20-26)27-12-8-7-9-23(27)3/h4-15,17-19H,16,20H2,1-3H3. The van der Waals surface area contributed by atoms with Crippen LogP contribution in [0.3, 0.4) is 0 Å². The average Bonchev–Trinajstić information content (AvgIpc) is 2.73. The van der Waals surface area contributed by atoms with Gasteiger partial charge in [-0.2, -0.15) is 0 Å². The van der Waals surface area contributed by atoms with E-state index in [2.05, 4.69) is 112 Å². The molecular weight excluding hydrogens is 336 g/mol. The fourth-order valence-corrected chi connectivity index (χ4v) is 4.56. The molecule has 0 radical (unpaired) electrons. The van der Waals surface area contributed by atoms with Crippen molar-refractivity contribution in [2.24, 2.45) is 0 Å². The number of hydrogen-bond donors (Lipinski definition) is 0. The highest BCUT2D eigenvalue weighted by Crippen LogP contribution is 2.49. The topological polar surface area (TPSA) is 0 Å². The van der Waals surface area contributed by atoms with E-state index >= 15 is 0 Å². The number of hydrogen-bond acceptors (Lipinski definition) is 0. The van der Waals surface area contributed by atoms with Crippen LogP contribution in [0.4, 0.5) is 0 Å². The Balaban J connectivity index is 2.11. The number of rotatable bonds is 4. The highest BCUT2D eigenvalue weighted by atomic mass is 14.4. The lowest BCUT2D eigenvalue weighted by atomic mass is 9.62. The van der Waals surface area contributed by atoms with Crippen molar-refractivity contribution in [2.75, 3.05) is 0 Å². The molecule has 0 heteroatoms. The lowest BCUT2D eigenvalue weighted by Crippen LogP contribution is -2.33. The van der Waals surface area contributed by atoms with E-state index in [-0.39, 0.29) is 5.41 Å². The molecule has 0 aromatic heterocycles. The smallest absolute Gasteiger partial charge is 0.0667 e. The monoisotopic (exact) mass is 364 g/mol. The summed E-state index contributed by atoms with van der Waals surface area (Å²) < 4.78 is 0. The Hall–Kier alpha value is -2.86. The van der Waals surface area contributed by atoms with Crippen LogP contribution in [0.15, 0.2) is 102 Å². The Morgan fingerprint density at radius 1 is 0.607 bits per heavy atom. The van der Waals surface area contributed by atoms with Crippen LogP contribution in [0.5, 0.6) is 0 Å². The zero-order valence-electron chi connectivity index (χ0n) is 17.1. The van der Waals surface area contributed by atoms with Gasteiger partial charge >= 0.3 is 0 Å². The Labute approximate surface area is 169 Å². The van der Waals surface area contributed by atoms with Crippen molar-refractivity contribution in [3.8, 4) is 0 Å². The number of allylic oxidation sites excluding steroid dienone is 4. The van der Waals surface area contributed by atoms with Crippen molar-refractivity contribution in [3.63, 3.8) is 0 Å². The lowest BCUT2D eigenvalue weighted by Gasteiger charge is -2.40. The van der Waals surface area contributed by atoms with Gasteiger partial charge in [-0.15, -0.1) is 0 Å². The average molecular weight is 365 g/mol. The van der Waals surface area contributed by atoms with E-state index in [0.29, 0.717) is 0 Å². The maximum Gasteiger partial charge on any atom is 0.0667 e. The second-order valence-electron chi connectivity index (χ2n) is 8.00. The minimum atomic E-state index is -0.266. The van der Waals surface area contributed by atoms with Gasteiger partial charge in [0.2, 0.25) is 0 Å². The van der Waals surface area contributed by atoms with Gasteiger partial charge in [0.05, 0.1) is 5.41 Å². The molecule has 0 spiro atoms. The van der Waals surface area contributed by atoms with E-state index in [9.17, 15) is 0 Å². The van der Waals surface area contributed by atoms with E-state index in [1.54, 1.807) is 0 Å². The summed E-state index contributed by atoms with van der Waals surface area (Å²) in [7, 11) is 0. The summed E-state index contributed by atoms with van der Waals surface area (Å²) in [5.74, 6) is 0. The van der Waals surface area contributed by atoms with Gasteiger partial charge in [-0.25, -0.2) is 0 Å². The molecule has 0 saturated heterocycles. The largest absolute Gasteiger partial charge is 0.0730 e. The zero-order valence-corrected chi connectivity index (χ0v) is 17.1. The first-order valence-corrected chi connectivity index (χ1v) is 10.2. The van der Waals surface area contributed by atoms with Crippen molar-refractivity contribution in [1.82, 2.24) is 0 Å². The van der Waals surface area contributed by atoms with Crippen molar-refractivity contribution < 1.29 is 0 Å². The summed E-state index contributed by atoms with van der Waals surface area (Å²) in [5.41, 5.74) is 9.36. The van der Waals surface area contributed by atoms with Gasteiger partial charge in [-0.05, 0) is 55.9 Å². The molecule has 0 amide bonds. The van der Waals surface area contributed by atoms with Crippen molar-refractivity contribution in [3.05, 3.63) is 130 Å². The van der Waals surface area contributed by atoms with Crippen LogP contribution in [-0.4, -0.2) is 0 Å². The molecule has 1 atom stereocenters. The summed E-state index contributed by atoms with van der Waals surface area (Å²) in [4.78, 5) is 0. The van der Waals surface area contributed by atoms with Crippen LogP contribution in [0.1, 0.15) is 47.6 Å². The van der Waals surface area contributed by atoms with E-state index in [4.69, 9.17) is 0 Å². The van der Waals surface area contributed by atoms with Crippen molar-refractivity contribution >= 4 is 0 Å². The molecule has 1 aliphatic rings. The maximum absolute atomic E-state index is 2.37. The summed E-state index contributed by atoms with van der Waals surface area (Å²) >= 11 is 0. The van der Waals surface area contributed by atoms with Crippen LogP contribution in [-0.2, 0) is 5.41 Å². The van der Waals surface area contributed by atoms with Crippen molar-refractivity contribution in [1.29, 1.82) is 0 Å². The van der Waals surface area contributed by atoms with Gasteiger partial charge in [0.15, 0.2) is 0 Å². The quantitative estimate of drug-likeness (QED) is 0.426. The van der Waals surface area contributed by atoms with Crippen LogP contribution in [0, 0.1) is 13.8 Å². The minimum Gasteiger partial charge on any atom is -0.0730 e. The van der Waals surface area contributed by atoms with Gasteiger partial charge in [-0.1, -0.05) is 108 Å². The fourth-order valence-electron chi connectivity index (χ4n) is 4.56. The molecule has 0 heterocycles. The molecular formula is C28H28. The first kappa shape index (κ1) is 18.5. The van der Waals surface area contributed by atoms with Crippen molar-refractivity contribution in [2.45, 2.75) is 39.0 Å². The third kappa shape index (κ3) is 3.14. The zero-order chi connectivity index (χ0) is 19.6. The summed E-state index contributed by atoms with van der Waals surface area (Å²) in [6.45, 7) is 6.64. The Morgan fingerprint density at radius 3 is 1.89 bits per heavy atom. The predicted molar refractivity (Wildman–Crippen MR) is 120 cm³/mol. The molecule has 3 aromatic carbocycles. The molecule has 4 rings (SSSR count). The summed E-state index contributed by atoms with van der Waals surface area (Å²) in [6, 6.07) is 29.0. The molecule has 0 saturated carbocycles. The van der Waals surface area contributed by atoms with Gasteiger partial charge in [0.25, 0.3) is 0 Å². The maximum atomic E-state index is 2.37. The highest BCUT2D eigenvalue weighted by Gasteiger charge is 2.40. The van der Waals surface area contributed by atoms with Gasteiger partial charge in [0.1, 0.15) is 0 Å². The first-order chi connectivity index (χ1) is 13.6. The molecule has 140 valence electrons. The van der Waals surface area contributed by atoms with Crippen LogP contribution >= 0.6 is 0 Å². The molecule has 28 heavy (non-hydrogen) atoms. The molecule has 1 aliphatic carbocycles. The second-order valence-corrected chi connectivity index (χ2v) is 8.00. The Bertz CT molecular complexity index is 1020. The third-order valence-electron chi connectivity index (χ3n) is 6.08. The van der Waals surface area contributed by atoms with E-state index in [1.807, 2.05) is 0 Å². The lowest BCUT2D eigenvalue weighted by molar-refractivity contribution is 0.665. The first-order valence-electron chi connectivity index (χ1n) is 10.2. The summed E-state index contributed by atoms with van der Waals surface area (Å²) in [6.07, 6.45) is 6.89. The minimum absolute atomic E-state index is 0.266. The van der Waals surface area contributed by atoms with Gasteiger partial charge in [-0.3, -0.25) is 0 Å². The van der Waals surface area contributed by atoms with Crippen LogP contribution in [0.25, 0.3) is 0 Å². The molecule has 0 nitrogen and oxygen atoms in total. The Morgan fingerprint density at radius 2 is 1.25 bits per heavy atom. The summed E-state index contributed by atoms with van der Waals surface area (Å²) in [5, 5.41) is 0. The van der Waals surface area contributed by atoms with Crippen LogP contribution in [0.2, 0.25) is 0 Å². The molecule has 0 N–H and O–H groups in total. The molecule has 0 bridgehead atoms. The third-order valence-corrected chi connectivity index (χ3v) is 6.08. The molecule has 0 fully saturated rings. The molecule has 0 aliphatic heterocycles. The van der Waals surface area contributed by atoms with E-state index in [0.717, 1.165) is 12.8 Å². The van der Waals surface area contributed by atoms with Gasteiger partial charge < -0.3 is 0 Å².